The molecule has 0 aliphatic carbocycles. The average Bonchev–Trinajstić information content (AvgIpc) is 2.10. The van der Waals surface area contributed by atoms with Gasteiger partial charge in [0.25, 0.3) is 0 Å². The predicted octanol–water partition coefficient (Wildman–Crippen LogP) is 2.68. The molecule has 0 saturated carbocycles. The Kier molecular flexibility index (Phi) is 9.18. The second-order valence-electron chi connectivity index (χ2n) is 3.02. The third-order valence-electron chi connectivity index (χ3n) is 1.89. The van der Waals surface area contributed by atoms with Crippen LogP contribution in [-0.4, -0.2) is 24.6 Å². The second-order valence-corrected chi connectivity index (χ2v) is 4.29. The fraction of sp³-hybridized carbons (Fsp3) is 0.800. The SMILES string of the molecule is C=CCCCNCCC(C)SC. The summed E-state index contributed by atoms with van der Waals surface area (Å²) in [6.07, 6.45) is 7.77. The standard InChI is InChI=1S/C10H21NS/c1-4-5-6-8-11-9-7-10(2)12-3/h4,10-11H,1,5-9H2,2-3H3. The molecule has 0 heterocycles. The molecule has 0 aliphatic heterocycles. The first kappa shape index (κ1) is 12.0. The summed E-state index contributed by atoms with van der Waals surface area (Å²) in [5, 5.41) is 4.21. The van der Waals surface area contributed by atoms with Gasteiger partial charge in [-0.15, -0.1) is 6.58 Å². The van der Waals surface area contributed by atoms with Gasteiger partial charge < -0.3 is 5.32 Å². The zero-order valence-electron chi connectivity index (χ0n) is 8.31. The van der Waals surface area contributed by atoms with Gasteiger partial charge in [0.15, 0.2) is 0 Å². The van der Waals surface area contributed by atoms with Gasteiger partial charge in [0.1, 0.15) is 0 Å². The monoisotopic (exact) mass is 187 g/mol. The molecule has 2 heteroatoms. The molecule has 0 bridgehead atoms. The van der Waals surface area contributed by atoms with Gasteiger partial charge in [-0.3, -0.25) is 0 Å². The molecule has 0 aromatic rings. The number of unbranched alkanes of at least 4 members (excludes halogenated alkanes) is 1. The Hall–Kier alpha value is 0.0500. The van der Waals surface area contributed by atoms with Crippen LogP contribution in [0.5, 0.6) is 0 Å². The summed E-state index contributed by atoms with van der Waals surface area (Å²) in [6.45, 7) is 8.25. The molecule has 72 valence electrons. The van der Waals surface area contributed by atoms with Crippen LogP contribution in [0.1, 0.15) is 26.2 Å². The van der Waals surface area contributed by atoms with Crippen molar-refractivity contribution in [1.29, 1.82) is 0 Å². The van der Waals surface area contributed by atoms with Crippen LogP contribution in [0, 0.1) is 0 Å². The van der Waals surface area contributed by atoms with Gasteiger partial charge >= 0.3 is 0 Å². The van der Waals surface area contributed by atoms with Crippen molar-refractivity contribution in [1.82, 2.24) is 5.32 Å². The van der Waals surface area contributed by atoms with Crippen LogP contribution in [0.25, 0.3) is 0 Å². The molecular formula is C10H21NS. The van der Waals surface area contributed by atoms with E-state index in [9.17, 15) is 0 Å². The Morgan fingerprint density at radius 1 is 1.50 bits per heavy atom. The summed E-state index contributed by atoms with van der Waals surface area (Å²) in [6, 6.07) is 0. The fourth-order valence-electron chi connectivity index (χ4n) is 0.920. The lowest BCUT2D eigenvalue weighted by Gasteiger charge is -2.08. The van der Waals surface area contributed by atoms with Gasteiger partial charge in [-0.1, -0.05) is 13.0 Å². The number of rotatable bonds is 8. The molecule has 0 aromatic heterocycles. The van der Waals surface area contributed by atoms with Crippen molar-refractivity contribution in [3.8, 4) is 0 Å². The van der Waals surface area contributed by atoms with E-state index < -0.39 is 0 Å². The number of hydrogen-bond acceptors (Lipinski definition) is 2. The van der Waals surface area contributed by atoms with Crippen molar-refractivity contribution in [3.63, 3.8) is 0 Å². The van der Waals surface area contributed by atoms with Crippen LogP contribution in [0.15, 0.2) is 12.7 Å². The third kappa shape index (κ3) is 8.15. The van der Waals surface area contributed by atoms with E-state index in [0.717, 1.165) is 24.8 Å². The van der Waals surface area contributed by atoms with Gasteiger partial charge in [0, 0.05) is 5.25 Å². The lowest BCUT2D eigenvalue weighted by atomic mass is 10.3. The van der Waals surface area contributed by atoms with Crippen molar-refractivity contribution in [3.05, 3.63) is 12.7 Å². The average molecular weight is 187 g/mol. The minimum absolute atomic E-state index is 0.789. The van der Waals surface area contributed by atoms with E-state index in [4.69, 9.17) is 0 Å². The van der Waals surface area contributed by atoms with E-state index in [-0.39, 0.29) is 0 Å². The maximum Gasteiger partial charge on any atom is 0.00280 e. The van der Waals surface area contributed by atoms with Crippen molar-refractivity contribution < 1.29 is 0 Å². The Bertz CT molecular complexity index is 104. The Balaban J connectivity index is 2.95. The molecule has 1 N–H and O–H groups in total. The third-order valence-corrected chi connectivity index (χ3v) is 2.93. The first-order valence-corrected chi connectivity index (χ1v) is 5.94. The highest BCUT2D eigenvalue weighted by Gasteiger charge is 1.96. The molecular weight excluding hydrogens is 166 g/mol. The Labute approximate surface area is 81.0 Å². The maximum atomic E-state index is 3.69. The molecule has 0 radical (unpaired) electrons. The van der Waals surface area contributed by atoms with E-state index in [1.165, 1.54) is 12.8 Å². The molecule has 0 aliphatic rings. The first-order valence-electron chi connectivity index (χ1n) is 4.65. The molecule has 1 nitrogen and oxygen atoms in total. The van der Waals surface area contributed by atoms with Gasteiger partial charge in [0.05, 0.1) is 0 Å². The minimum Gasteiger partial charge on any atom is -0.317 e. The van der Waals surface area contributed by atoms with Crippen LogP contribution in [0.3, 0.4) is 0 Å². The van der Waals surface area contributed by atoms with Crippen LogP contribution < -0.4 is 5.32 Å². The Morgan fingerprint density at radius 3 is 2.83 bits per heavy atom. The highest BCUT2D eigenvalue weighted by molar-refractivity contribution is 7.99. The zero-order valence-corrected chi connectivity index (χ0v) is 9.12. The summed E-state index contributed by atoms with van der Waals surface area (Å²) in [5.74, 6) is 0. The highest BCUT2D eigenvalue weighted by Crippen LogP contribution is 2.07. The van der Waals surface area contributed by atoms with Crippen molar-refractivity contribution in [2.45, 2.75) is 31.4 Å². The smallest absolute Gasteiger partial charge is 0.00280 e. The summed E-state index contributed by atoms with van der Waals surface area (Å²) >= 11 is 1.94. The van der Waals surface area contributed by atoms with Gasteiger partial charge in [-0.2, -0.15) is 11.8 Å². The summed E-state index contributed by atoms with van der Waals surface area (Å²) in [5.41, 5.74) is 0. The molecule has 0 rings (SSSR count). The van der Waals surface area contributed by atoms with Crippen molar-refractivity contribution >= 4 is 11.8 Å². The van der Waals surface area contributed by atoms with Gasteiger partial charge in [0.2, 0.25) is 0 Å². The van der Waals surface area contributed by atoms with Crippen LogP contribution in [0.4, 0.5) is 0 Å². The van der Waals surface area contributed by atoms with Crippen molar-refractivity contribution in [2.24, 2.45) is 0 Å². The molecule has 0 amide bonds. The first-order chi connectivity index (χ1) is 5.81. The largest absolute Gasteiger partial charge is 0.317 e. The molecule has 0 fully saturated rings. The molecule has 1 unspecified atom stereocenters. The normalized spacial score (nSPS) is 12.8. The lowest BCUT2D eigenvalue weighted by molar-refractivity contribution is 0.625. The minimum atomic E-state index is 0.789. The van der Waals surface area contributed by atoms with E-state index in [1.54, 1.807) is 0 Å². The molecule has 0 spiro atoms. The highest BCUT2D eigenvalue weighted by atomic mass is 32.2. The number of thioether (sulfide) groups is 1. The number of hydrogen-bond donors (Lipinski definition) is 1. The fourth-order valence-corrected chi connectivity index (χ4v) is 1.27. The second kappa shape index (κ2) is 9.14. The number of nitrogens with one attached hydrogen (secondary N) is 1. The van der Waals surface area contributed by atoms with E-state index >= 15 is 0 Å². The molecule has 0 saturated heterocycles. The topological polar surface area (TPSA) is 12.0 Å². The van der Waals surface area contributed by atoms with Gasteiger partial charge in [-0.25, -0.2) is 0 Å². The van der Waals surface area contributed by atoms with Gasteiger partial charge in [-0.05, 0) is 38.6 Å². The van der Waals surface area contributed by atoms with Crippen molar-refractivity contribution in [2.75, 3.05) is 19.3 Å². The van der Waals surface area contributed by atoms with Crippen LogP contribution >= 0.6 is 11.8 Å². The quantitative estimate of drug-likeness (QED) is 0.463. The number of allylic oxidation sites excluding steroid dienone is 1. The van der Waals surface area contributed by atoms with E-state index in [2.05, 4.69) is 25.1 Å². The van der Waals surface area contributed by atoms with E-state index in [1.807, 2.05) is 17.8 Å². The maximum absolute atomic E-state index is 3.69. The summed E-state index contributed by atoms with van der Waals surface area (Å²) < 4.78 is 0. The summed E-state index contributed by atoms with van der Waals surface area (Å²) in [4.78, 5) is 0. The molecule has 1 atom stereocenters. The Morgan fingerprint density at radius 2 is 2.25 bits per heavy atom. The lowest BCUT2D eigenvalue weighted by Crippen LogP contribution is -2.19. The molecule has 0 aromatic carbocycles. The van der Waals surface area contributed by atoms with E-state index in [0.29, 0.717) is 0 Å². The zero-order chi connectivity index (χ0) is 9.23. The molecule has 12 heavy (non-hydrogen) atoms. The predicted molar refractivity (Wildman–Crippen MR) is 59.9 cm³/mol. The summed E-state index contributed by atoms with van der Waals surface area (Å²) in [7, 11) is 0. The van der Waals surface area contributed by atoms with Crippen LogP contribution in [0.2, 0.25) is 0 Å². The van der Waals surface area contributed by atoms with Crippen LogP contribution in [-0.2, 0) is 0 Å².